The van der Waals surface area contributed by atoms with E-state index in [1.54, 1.807) is 0 Å². The number of hydrogen-bond donors (Lipinski definition) is 4. The fourth-order valence-electron chi connectivity index (χ4n) is 5.78. The molecular weight excluding hydrogens is 532 g/mol. The lowest BCUT2D eigenvalue weighted by atomic mass is 9.85. The summed E-state index contributed by atoms with van der Waals surface area (Å²) < 4.78 is 4.99. The van der Waals surface area contributed by atoms with E-state index in [2.05, 4.69) is 16.0 Å². The number of piperidine rings is 1. The summed E-state index contributed by atoms with van der Waals surface area (Å²) in [6.45, 7) is 10.8. The van der Waals surface area contributed by atoms with Gasteiger partial charge in [-0.25, -0.2) is 9.59 Å². The summed E-state index contributed by atoms with van der Waals surface area (Å²) >= 11 is 0. The number of Topliss-reactive ketones (excluding diaryl/α,β-unsaturated/α-hetero) is 1. The van der Waals surface area contributed by atoms with Crippen LogP contribution < -0.4 is 21.7 Å². The Morgan fingerprint density at radius 2 is 1.76 bits per heavy atom. The number of rotatable bonds is 12. The number of ketones is 1. The molecule has 0 aromatic carbocycles. The van der Waals surface area contributed by atoms with Gasteiger partial charge in [0.15, 0.2) is 0 Å². The number of nitrogens with two attached hydrogens (primary N) is 1. The van der Waals surface area contributed by atoms with E-state index in [1.165, 1.54) is 9.80 Å². The van der Waals surface area contributed by atoms with Gasteiger partial charge in [0.2, 0.25) is 17.6 Å². The molecule has 1 unspecified atom stereocenters. The van der Waals surface area contributed by atoms with Crippen molar-refractivity contribution in [3.05, 3.63) is 0 Å². The van der Waals surface area contributed by atoms with E-state index in [0.717, 1.165) is 19.3 Å². The number of nitrogens with zero attached hydrogens (tertiary/aromatic N) is 2. The first kappa shape index (κ1) is 30.6. The Kier molecular flexibility index (Phi) is 8.84. The van der Waals surface area contributed by atoms with Crippen molar-refractivity contribution in [3.8, 4) is 0 Å². The lowest BCUT2D eigenvalue weighted by Gasteiger charge is -2.37. The van der Waals surface area contributed by atoms with E-state index in [-0.39, 0.29) is 42.2 Å². The molecule has 4 aliphatic rings. The molecule has 13 heteroatoms. The average Bonchev–Trinajstić information content (AvgIpc) is 3.78. The van der Waals surface area contributed by atoms with Crippen LogP contribution in [0.2, 0.25) is 0 Å². The molecule has 2 aliphatic carbocycles. The van der Waals surface area contributed by atoms with E-state index < -0.39 is 53.3 Å². The summed E-state index contributed by atoms with van der Waals surface area (Å²) in [5, 5.41) is 8.46. The Bertz CT molecular complexity index is 1080. The maximum absolute atomic E-state index is 14.0. The van der Waals surface area contributed by atoms with Gasteiger partial charge in [0, 0.05) is 13.1 Å². The number of primary amides is 1. The molecule has 0 spiro atoms. The summed E-state index contributed by atoms with van der Waals surface area (Å²) in [5.41, 5.74) is 4.55. The molecule has 2 saturated heterocycles. The molecule has 6 amide bonds. The molecule has 6 atom stereocenters. The third-order valence-electron chi connectivity index (χ3n) is 8.61. The van der Waals surface area contributed by atoms with Crippen LogP contribution in [0.1, 0.15) is 60.3 Å². The lowest BCUT2D eigenvalue weighted by molar-refractivity contribution is -0.144. The second kappa shape index (κ2) is 11.8. The van der Waals surface area contributed by atoms with Crippen LogP contribution in [0.5, 0.6) is 0 Å². The van der Waals surface area contributed by atoms with Crippen molar-refractivity contribution in [1.82, 2.24) is 25.8 Å². The fourth-order valence-corrected chi connectivity index (χ4v) is 5.78. The lowest BCUT2D eigenvalue weighted by Crippen LogP contribution is -2.62. The predicted molar refractivity (Wildman–Crippen MR) is 147 cm³/mol. The first-order valence-electron chi connectivity index (χ1n) is 14.6. The number of likely N-dealkylation sites (tertiary alicyclic amines) is 1. The molecule has 5 N–H and O–H groups in total. The van der Waals surface area contributed by atoms with Crippen LogP contribution >= 0.6 is 0 Å². The standard InChI is InChI=1S/C28H44N6O7/c1-14(2)19(13-33-8-9-41-27(33)40)31-26(39)32-22(28(3,4)5)25(38)34-12-16-11-17(16)20(34)24(37)30-18(10-15-6-7-15)21(35)23(29)36/h14-20,22H,6-13H2,1-5H3,(H2,29,36)(H,30,37)(H2,31,32,39)/t16-,17-,18?,19+,20-,22+/m0/s1. The SMILES string of the molecule is CC(C)[C@@H](CN1CCOC1=O)NC(=O)N[C@H](C(=O)N1C[C@@H]2C[C@@H]2[C@H]1C(=O)NC(CC1CC1)C(=O)C(N)=O)C(C)(C)C. The first-order chi connectivity index (χ1) is 19.2. The van der Waals surface area contributed by atoms with Crippen molar-refractivity contribution in [2.24, 2.45) is 34.8 Å². The highest BCUT2D eigenvalue weighted by Gasteiger charge is 2.58. The molecule has 0 aromatic heterocycles. The summed E-state index contributed by atoms with van der Waals surface area (Å²) in [6.07, 6.45) is 2.58. The van der Waals surface area contributed by atoms with Crippen LogP contribution in [0, 0.1) is 29.1 Å². The number of ether oxygens (including phenoxy) is 1. The Balaban J connectivity index is 1.44. The first-order valence-corrected chi connectivity index (χ1v) is 14.6. The van der Waals surface area contributed by atoms with Crippen molar-refractivity contribution in [2.45, 2.75) is 84.5 Å². The highest BCUT2D eigenvalue weighted by atomic mass is 16.6. The van der Waals surface area contributed by atoms with Gasteiger partial charge < -0.3 is 36.2 Å². The number of fused-ring (bicyclic) bond motifs is 1. The molecule has 13 nitrogen and oxygen atoms in total. The molecular formula is C28H44N6O7. The number of nitrogens with one attached hydrogen (secondary N) is 3. The molecule has 228 valence electrons. The molecule has 2 aliphatic heterocycles. The molecule has 0 radical (unpaired) electrons. The van der Waals surface area contributed by atoms with Gasteiger partial charge in [0.05, 0.1) is 18.6 Å². The van der Waals surface area contributed by atoms with Crippen LogP contribution in [-0.2, 0) is 23.9 Å². The van der Waals surface area contributed by atoms with Gasteiger partial charge in [0.1, 0.15) is 18.7 Å². The smallest absolute Gasteiger partial charge is 0.410 e. The van der Waals surface area contributed by atoms with Gasteiger partial charge in [-0.3, -0.25) is 19.2 Å². The number of cyclic esters (lactones) is 1. The van der Waals surface area contributed by atoms with Crippen LogP contribution in [0.25, 0.3) is 0 Å². The van der Waals surface area contributed by atoms with Crippen LogP contribution in [-0.4, -0.2) is 95.8 Å². The highest BCUT2D eigenvalue weighted by molar-refractivity contribution is 6.37. The molecule has 0 aromatic rings. The summed E-state index contributed by atoms with van der Waals surface area (Å²) in [6, 6.07) is -3.68. The molecule has 0 bridgehead atoms. The normalized spacial score (nSPS) is 25.6. The zero-order valence-corrected chi connectivity index (χ0v) is 24.6. The fraction of sp³-hybridized carbons (Fsp3) is 0.786. The average molecular weight is 577 g/mol. The number of carbonyl (C=O) groups excluding carboxylic acids is 6. The minimum Gasteiger partial charge on any atom is -0.448 e. The molecule has 2 heterocycles. The summed E-state index contributed by atoms with van der Waals surface area (Å²) in [5.74, 6) is -2.39. The maximum atomic E-state index is 14.0. The number of urea groups is 1. The molecule has 4 rings (SSSR count). The van der Waals surface area contributed by atoms with E-state index in [0.29, 0.717) is 26.1 Å². The van der Waals surface area contributed by atoms with Crippen molar-refractivity contribution in [2.75, 3.05) is 26.2 Å². The van der Waals surface area contributed by atoms with E-state index in [1.807, 2.05) is 34.6 Å². The Labute approximate surface area is 240 Å². The zero-order chi connectivity index (χ0) is 30.2. The van der Waals surface area contributed by atoms with Crippen molar-refractivity contribution in [3.63, 3.8) is 0 Å². The monoisotopic (exact) mass is 576 g/mol. The summed E-state index contributed by atoms with van der Waals surface area (Å²) in [4.78, 5) is 79.6. The van der Waals surface area contributed by atoms with E-state index in [9.17, 15) is 28.8 Å². The predicted octanol–water partition coefficient (Wildman–Crippen LogP) is 0.363. The van der Waals surface area contributed by atoms with Crippen molar-refractivity contribution < 1.29 is 33.5 Å². The van der Waals surface area contributed by atoms with E-state index >= 15 is 0 Å². The van der Waals surface area contributed by atoms with Gasteiger partial charge in [0.25, 0.3) is 5.91 Å². The van der Waals surface area contributed by atoms with Crippen LogP contribution in [0.4, 0.5) is 9.59 Å². The summed E-state index contributed by atoms with van der Waals surface area (Å²) in [7, 11) is 0. The Morgan fingerprint density at radius 1 is 1.07 bits per heavy atom. The molecule has 41 heavy (non-hydrogen) atoms. The third kappa shape index (κ3) is 7.28. The van der Waals surface area contributed by atoms with Gasteiger partial charge in [-0.15, -0.1) is 0 Å². The molecule has 2 saturated carbocycles. The van der Waals surface area contributed by atoms with Crippen LogP contribution in [0.3, 0.4) is 0 Å². The second-order valence-electron chi connectivity index (χ2n) is 13.4. The topological polar surface area (TPSA) is 180 Å². The van der Waals surface area contributed by atoms with Crippen molar-refractivity contribution in [1.29, 1.82) is 0 Å². The molecule has 4 fully saturated rings. The zero-order valence-electron chi connectivity index (χ0n) is 24.6. The maximum Gasteiger partial charge on any atom is 0.410 e. The Morgan fingerprint density at radius 3 is 2.29 bits per heavy atom. The Hall–Kier alpha value is -3.38. The van der Waals surface area contributed by atoms with Gasteiger partial charge >= 0.3 is 12.1 Å². The number of carbonyl (C=O) groups is 6. The van der Waals surface area contributed by atoms with Crippen molar-refractivity contribution >= 4 is 35.6 Å². The van der Waals surface area contributed by atoms with Gasteiger partial charge in [-0.1, -0.05) is 47.5 Å². The number of hydrogen-bond acceptors (Lipinski definition) is 7. The van der Waals surface area contributed by atoms with Gasteiger partial charge in [-0.05, 0) is 41.9 Å². The third-order valence-corrected chi connectivity index (χ3v) is 8.61. The van der Waals surface area contributed by atoms with Crippen LogP contribution in [0.15, 0.2) is 0 Å². The largest absolute Gasteiger partial charge is 0.448 e. The van der Waals surface area contributed by atoms with Gasteiger partial charge in [-0.2, -0.15) is 0 Å². The second-order valence-corrected chi connectivity index (χ2v) is 13.4. The minimum absolute atomic E-state index is 0.00315. The highest BCUT2D eigenvalue weighted by Crippen LogP contribution is 2.50. The number of amides is 6. The van der Waals surface area contributed by atoms with E-state index in [4.69, 9.17) is 10.5 Å². The minimum atomic E-state index is -1.09. The quantitative estimate of drug-likeness (QED) is 0.242.